The van der Waals surface area contributed by atoms with E-state index in [1.165, 1.54) is 112 Å². The van der Waals surface area contributed by atoms with E-state index in [4.69, 9.17) is 0 Å². The van der Waals surface area contributed by atoms with Crippen molar-refractivity contribution in [2.45, 2.75) is 83.5 Å². The Kier molecular flexibility index (Phi) is 14.3. The van der Waals surface area contributed by atoms with Crippen LogP contribution in [-0.4, -0.2) is 11.1 Å². The molecule has 0 aliphatic heterocycles. The first kappa shape index (κ1) is 45.9. The average Bonchev–Trinajstić information content (AvgIpc) is 3.94. The molecule has 0 saturated carbocycles. The molecule has 4 nitrogen and oxygen atoms in total. The number of thiophene rings is 1. The van der Waals surface area contributed by atoms with E-state index in [0.29, 0.717) is 5.56 Å². The number of hydrogen-bond donors (Lipinski definition) is 1. The number of rotatable bonds is 19. The van der Waals surface area contributed by atoms with Crippen LogP contribution in [0.15, 0.2) is 188 Å². The molecule has 9 rings (SSSR count). The second-order valence-electron chi connectivity index (χ2n) is 18.0. The zero-order valence-electron chi connectivity index (χ0n) is 39.1. The number of anilines is 3. The number of nitriles is 1. The van der Waals surface area contributed by atoms with Crippen molar-refractivity contribution >= 4 is 40.4 Å². The Balaban J connectivity index is 1.18. The lowest BCUT2D eigenvalue weighted by Crippen LogP contribution is -2.28. The number of carbonyl (C=O) groups is 1. The molecule has 1 aliphatic carbocycles. The number of nitrogens with zero attached hydrogens (tertiary/aromatic N) is 2. The van der Waals surface area contributed by atoms with Gasteiger partial charge in [-0.3, -0.25) is 0 Å². The topological polar surface area (TPSA) is 64.3 Å². The maximum atomic E-state index is 11.6. The van der Waals surface area contributed by atoms with Crippen molar-refractivity contribution < 1.29 is 9.90 Å². The molecule has 0 fully saturated rings. The van der Waals surface area contributed by atoms with E-state index in [1.807, 2.05) is 35.6 Å². The van der Waals surface area contributed by atoms with Gasteiger partial charge in [0, 0.05) is 26.8 Å². The lowest BCUT2D eigenvalue weighted by atomic mass is 9.67. The maximum Gasteiger partial charge on any atom is 0.346 e. The fourth-order valence-corrected chi connectivity index (χ4v) is 11.2. The second-order valence-corrected chi connectivity index (χ2v) is 19.1. The van der Waals surface area contributed by atoms with Crippen LogP contribution in [0.5, 0.6) is 0 Å². The molecule has 1 aromatic heterocycles. The summed E-state index contributed by atoms with van der Waals surface area (Å²) in [6.07, 6.45) is 13.4. The zero-order valence-corrected chi connectivity index (χ0v) is 39.9. The first-order chi connectivity index (χ1) is 33.4. The molecule has 8 aromatic rings. The zero-order chi connectivity index (χ0) is 46.9. The number of carboxylic acid groups (broad SMARTS) is 1. The molecule has 7 aromatic carbocycles. The lowest BCUT2D eigenvalue weighted by molar-refractivity contribution is -0.132. The van der Waals surface area contributed by atoms with Crippen LogP contribution >= 0.6 is 11.3 Å². The first-order valence-corrected chi connectivity index (χ1v) is 25.2. The highest BCUT2D eigenvalue weighted by atomic mass is 32.1. The molecule has 0 atom stereocenters. The number of aliphatic carboxylic acids is 1. The molecular weight excluding hydrogens is 849 g/mol. The van der Waals surface area contributed by atoms with Gasteiger partial charge in [0.1, 0.15) is 11.6 Å². The molecule has 0 amide bonds. The van der Waals surface area contributed by atoms with E-state index < -0.39 is 11.4 Å². The Hall–Kier alpha value is -7.26. The molecule has 5 heteroatoms. The Bertz CT molecular complexity index is 2940. The van der Waals surface area contributed by atoms with Gasteiger partial charge in [0.15, 0.2) is 0 Å². The summed E-state index contributed by atoms with van der Waals surface area (Å²) in [6.45, 7) is 4.53. The summed E-state index contributed by atoms with van der Waals surface area (Å²) in [5.74, 6) is -1.23. The van der Waals surface area contributed by atoms with Crippen molar-refractivity contribution in [1.29, 1.82) is 5.26 Å². The SMILES string of the molecule is CCCCCCc1ccc(C2(c3ccc(CCCCCC)cc3)c3cc(-c4ccc(C=C(C#N)C(=O)O)cc4)ccc3-c3sc(-c4ccc(N(c5ccccc5)c5ccccc5)cc4)cc32)cc1. The van der Waals surface area contributed by atoms with Gasteiger partial charge in [-0.1, -0.05) is 186 Å². The third-order valence-corrected chi connectivity index (χ3v) is 14.8. The highest BCUT2D eigenvalue weighted by Crippen LogP contribution is 2.60. The van der Waals surface area contributed by atoms with Gasteiger partial charge in [-0.05, 0) is 141 Å². The minimum absolute atomic E-state index is 0.290. The maximum absolute atomic E-state index is 11.6. The Morgan fingerprint density at radius 1 is 0.574 bits per heavy atom. The molecular formula is C63H58N2O2S. The molecule has 0 spiro atoms. The molecule has 0 radical (unpaired) electrons. The summed E-state index contributed by atoms with van der Waals surface area (Å²) in [5.41, 5.74) is 15.4. The van der Waals surface area contributed by atoms with Crippen LogP contribution in [0, 0.1) is 11.3 Å². The van der Waals surface area contributed by atoms with E-state index in [-0.39, 0.29) is 5.57 Å². The number of aryl methyl sites for hydroxylation is 2. The number of benzene rings is 7. The molecule has 1 aliphatic rings. The van der Waals surface area contributed by atoms with Crippen LogP contribution in [0.3, 0.4) is 0 Å². The largest absolute Gasteiger partial charge is 0.477 e. The van der Waals surface area contributed by atoms with Gasteiger partial charge < -0.3 is 10.0 Å². The fraction of sp³-hybridized carbons (Fsp3) is 0.206. The molecule has 68 heavy (non-hydrogen) atoms. The number of carboxylic acids is 1. The van der Waals surface area contributed by atoms with Crippen molar-refractivity contribution in [3.05, 3.63) is 227 Å². The van der Waals surface area contributed by atoms with Gasteiger partial charge in [-0.2, -0.15) is 5.26 Å². The van der Waals surface area contributed by atoms with E-state index in [9.17, 15) is 15.2 Å². The summed E-state index contributed by atoms with van der Waals surface area (Å²) in [4.78, 5) is 16.4. The predicted molar refractivity (Wildman–Crippen MR) is 284 cm³/mol. The summed E-state index contributed by atoms with van der Waals surface area (Å²) < 4.78 is 0. The average molecular weight is 907 g/mol. The molecule has 1 N–H and O–H groups in total. The van der Waals surface area contributed by atoms with E-state index in [2.05, 4.69) is 176 Å². The smallest absolute Gasteiger partial charge is 0.346 e. The van der Waals surface area contributed by atoms with Crippen molar-refractivity contribution in [1.82, 2.24) is 0 Å². The van der Waals surface area contributed by atoms with Gasteiger partial charge >= 0.3 is 5.97 Å². The molecule has 0 bridgehead atoms. The van der Waals surface area contributed by atoms with Gasteiger partial charge in [0.25, 0.3) is 0 Å². The van der Waals surface area contributed by atoms with Crippen molar-refractivity contribution in [2.75, 3.05) is 4.90 Å². The highest BCUT2D eigenvalue weighted by molar-refractivity contribution is 7.19. The summed E-state index contributed by atoms with van der Waals surface area (Å²) >= 11 is 1.87. The van der Waals surface area contributed by atoms with E-state index in [1.54, 1.807) is 6.07 Å². The number of para-hydroxylation sites is 2. The van der Waals surface area contributed by atoms with Crippen molar-refractivity contribution in [2.24, 2.45) is 0 Å². The van der Waals surface area contributed by atoms with Crippen molar-refractivity contribution in [3.63, 3.8) is 0 Å². The summed E-state index contributed by atoms with van der Waals surface area (Å²) in [6, 6.07) is 68.2. The molecule has 338 valence electrons. The third-order valence-electron chi connectivity index (χ3n) is 13.6. The van der Waals surface area contributed by atoms with Gasteiger partial charge in [0.2, 0.25) is 0 Å². The van der Waals surface area contributed by atoms with Crippen LogP contribution in [0.25, 0.3) is 38.1 Å². The first-order valence-electron chi connectivity index (χ1n) is 24.4. The van der Waals surface area contributed by atoms with E-state index >= 15 is 0 Å². The quantitative estimate of drug-likeness (QED) is 0.0499. The van der Waals surface area contributed by atoms with Gasteiger partial charge in [-0.15, -0.1) is 11.3 Å². The highest BCUT2D eigenvalue weighted by Gasteiger charge is 2.48. The molecule has 1 heterocycles. The number of unbranched alkanes of at least 4 members (excludes halogenated alkanes) is 6. The minimum Gasteiger partial charge on any atom is -0.477 e. The normalized spacial score (nSPS) is 12.6. The Labute approximate surface area is 406 Å². The van der Waals surface area contributed by atoms with Crippen LogP contribution in [0.2, 0.25) is 0 Å². The second kappa shape index (κ2) is 21.1. The monoisotopic (exact) mass is 906 g/mol. The van der Waals surface area contributed by atoms with Crippen LogP contribution in [0.4, 0.5) is 17.1 Å². The van der Waals surface area contributed by atoms with Crippen LogP contribution < -0.4 is 4.90 Å². The van der Waals surface area contributed by atoms with Crippen LogP contribution in [-0.2, 0) is 23.1 Å². The lowest BCUT2D eigenvalue weighted by Gasteiger charge is -2.34. The minimum atomic E-state index is -1.23. The van der Waals surface area contributed by atoms with E-state index in [0.717, 1.165) is 41.0 Å². The number of fused-ring (bicyclic) bond motifs is 3. The fourth-order valence-electron chi connectivity index (χ4n) is 9.99. The predicted octanol–water partition coefficient (Wildman–Crippen LogP) is 17.2. The van der Waals surface area contributed by atoms with Gasteiger partial charge in [-0.25, -0.2) is 4.79 Å². The Morgan fingerprint density at radius 3 is 1.60 bits per heavy atom. The standard InChI is InChI=1S/C63H58N2O2S/c1-3-5-7-11-17-45-25-34-52(35-26-45)63(53-36-27-46(28-37-53)18-12-8-6-4-2)58-42-50(48-29-23-47(24-30-48)41-51(44-64)62(66)67)33-40-57(58)61-59(63)43-60(68-61)49-31-38-56(39-32-49)65(54-19-13-9-14-20-54)55-21-15-10-16-22-55/h9-10,13-16,19-43H,3-8,11-12,17-18H2,1-2H3,(H,66,67). The molecule has 0 saturated heterocycles. The van der Waals surface area contributed by atoms with Crippen LogP contribution in [0.1, 0.15) is 104 Å². The van der Waals surface area contributed by atoms with Gasteiger partial charge in [0.05, 0.1) is 5.41 Å². The molecule has 0 unspecified atom stereocenters. The van der Waals surface area contributed by atoms with Crippen molar-refractivity contribution in [3.8, 4) is 38.1 Å². The Morgan fingerprint density at radius 2 is 1.09 bits per heavy atom. The summed E-state index contributed by atoms with van der Waals surface area (Å²) in [5, 5.41) is 18.9. The third kappa shape index (κ3) is 9.48. The summed E-state index contributed by atoms with van der Waals surface area (Å²) in [7, 11) is 0. The number of hydrogen-bond acceptors (Lipinski definition) is 4.